The van der Waals surface area contributed by atoms with Gasteiger partial charge in [-0.05, 0) is 43.2 Å². The molecule has 0 spiro atoms. The number of sulfonamides is 1. The summed E-state index contributed by atoms with van der Waals surface area (Å²) in [6, 6.07) is 0. The molecule has 20 heavy (non-hydrogen) atoms. The zero-order chi connectivity index (χ0) is 15.4. The summed E-state index contributed by atoms with van der Waals surface area (Å²) in [5.74, 6) is 1.34. The molecule has 0 aliphatic carbocycles. The number of hydrogen-bond acceptors (Lipinski definition) is 3. The quantitative estimate of drug-likeness (QED) is 0.819. The molecule has 1 aliphatic heterocycles. The maximum Gasteiger partial charge on any atom is 0.214 e. The SMILES string of the molecule is CC(C)CNCC1CCCN(S(=O)(=O)CC(C)(C)C)C1. The van der Waals surface area contributed by atoms with E-state index in [9.17, 15) is 8.42 Å². The Hall–Kier alpha value is -0.130. The first-order valence-electron chi connectivity index (χ1n) is 7.79. The fourth-order valence-electron chi connectivity index (χ4n) is 2.66. The molecule has 0 aromatic carbocycles. The van der Waals surface area contributed by atoms with Gasteiger partial charge in [0.1, 0.15) is 0 Å². The first-order valence-corrected chi connectivity index (χ1v) is 9.39. The standard InChI is InChI=1S/C15H32N2O2S/c1-13(2)9-16-10-14-7-6-8-17(11-14)20(18,19)12-15(3,4)5/h13-14,16H,6-12H2,1-5H3. The number of nitrogens with zero attached hydrogens (tertiary/aromatic N) is 1. The number of rotatable bonds is 6. The Morgan fingerprint density at radius 2 is 1.95 bits per heavy atom. The van der Waals surface area contributed by atoms with E-state index in [1.807, 2.05) is 20.8 Å². The van der Waals surface area contributed by atoms with Crippen LogP contribution in [-0.4, -0.2) is 44.7 Å². The number of nitrogens with one attached hydrogen (secondary N) is 1. The molecule has 5 heteroatoms. The van der Waals surface area contributed by atoms with Crippen molar-refractivity contribution >= 4 is 10.0 Å². The van der Waals surface area contributed by atoms with Gasteiger partial charge in [-0.15, -0.1) is 0 Å². The third-order valence-electron chi connectivity index (χ3n) is 3.48. The summed E-state index contributed by atoms with van der Waals surface area (Å²) >= 11 is 0. The molecule has 1 N–H and O–H groups in total. The van der Waals surface area contributed by atoms with Crippen LogP contribution in [0.25, 0.3) is 0 Å². The Morgan fingerprint density at radius 3 is 2.50 bits per heavy atom. The van der Waals surface area contributed by atoms with Crippen molar-refractivity contribution < 1.29 is 8.42 Å². The summed E-state index contributed by atoms with van der Waals surface area (Å²) in [7, 11) is -3.11. The molecular weight excluding hydrogens is 272 g/mol. The van der Waals surface area contributed by atoms with E-state index < -0.39 is 10.0 Å². The minimum absolute atomic E-state index is 0.179. The first kappa shape index (κ1) is 17.9. The average molecular weight is 305 g/mol. The fraction of sp³-hybridized carbons (Fsp3) is 1.00. The van der Waals surface area contributed by atoms with Crippen LogP contribution in [0, 0.1) is 17.3 Å². The van der Waals surface area contributed by atoms with Gasteiger partial charge in [-0.1, -0.05) is 34.6 Å². The second-order valence-electron chi connectivity index (χ2n) is 7.74. The van der Waals surface area contributed by atoms with Crippen molar-refractivity contribution in [1.29, 1.82) is 0 Å². The van der Waals surface area contributed by atoms with Gasteiger partial charge in [-0.25, -0.2) is 12.7 Å². The van der Waals surface area contributed by atoms with Crippen LogP contribution < -0.4 is 5.32 Å². The van der Waals surface area contributed by atoms with Crippen molar-refractivity contribution in [2.24, 2.45) is 17.3 Å². The molecule has 1 heterocycles. The van der Waals surface area contributed by atoms with Crippen molar-refractivity contribution in [3.63, 3.8) is 0 Å². The number of hydrogen-bond donors (Lipinski definition) is 1. The Morgan fingerprint density at radius 1 is 1.30 bits per heavy atom. The molecule has 4 nitrogen and oxygen atoms in total. The third-order valence-corrected chi connectivity index (χ3v) is 5.83. The van der Waals surface area contributed by atoms with Crippen LogP contribution >= 0.6 is 0 Å². The van der Waals surface area contributed by atoms with Gasteiger partial charge >= 0.3 is 0 Å². The van der Waals surface area contributed by atoms with E-state index in [-0.39, 0.29) is 11.2 Å². The third kappa shape index (κ3) is 6.55. The maximum atomic E-state index is 12.4. The second kappa shape index (κ2) is 7.23. The van der Waals surface area contributed by atoms with E-state index in [2.05, 4.69) is 19.2 Å². The van der Waals surface area contributed by atoms with Crippen molar-refractivity contribution in [1.82, 2.24) is 9.62 Å². The highest BCUT2D eigenvalue weighted by molar-refractivity contribution is 7.89. The van der Waals surface area contributed by atoms with E-state index in [0.29, 0.717) is 24.9 Å². The minimum Gasteiger partial charge on any atom is -0.316 e. The Balaban J connectivity index is 2.51. The molecule has 1 unspecified atom stereocenters. The molecule has 0 amide bonds. The minimum atomic E-state index is -3.11. The van der Waals surface area contributed by atoms with Crippen molar-refractivity contribution in [2.75, 3.05) is 31.9 Å². The zero-order valence-corrected chi connectivity index (χ0v) is 14.6. The lowest BCUT2D eigenvalue weighted by Gasteiger charge is -2.34. The largest absolute Gasteiger partial charge is 0.316 e. The molecule has 1 fully saturated rings. The first-order chi connectivity index (χ1) is 9.10. The molecule has 1 saturated heterocycles. The van der Waals surface area contributed by atoms with Crippen LogP contribution in [0.3, 0.4) is 0 Å². The fourth-order valence-corrected chi connectivity index (χ4v) is 4.78. The summed E-state index contributed by atoms with van der Waals surface area (Å²) in [6.07, 6.45) is 2.12. The van der Waals surface area contributed by atoms with Crippen LogP contribution in [0.5, 0.6) is 0 Å². The molecule has 120 valence electrons. The molecule has 1 atom stereocenters. The highest BCUT2D eigenvalue weighted by atomic mass is 32.2. The summed E-state index contributed by atoms with van der Waals surface area (Å²) in [5, 5.41) is 3.45. The van der Waals surface area contributed by atoms with Crippen molar-refractivity contribution in [3.05, 3.63) is 0 Å². The lowest BCUT2D eigenvalue weighted by atomic mass is 9.99. The van der Waals surface area contributed by atoms with Crippen molar-refractivity contribution in [2.45, 2.75) is 47.5 Å². The Kier molecular flexibility index (Phi) is 6.48. The summed E-state index contributed by atoms with van der Waals surface area (Å²) in [5.41, 5.74) is -0.179. The molecule has 0 saturated carbocycles. The van der Waals surface area contributed by atoms with Crippen LogP contribution in [0.1, 0.15) is 47.5 Å². The van der Waals surface area contributed by atoms with Gasteiger partial charge < -0.3 is 5.32 Å². The van der Waals surface area contributed by atoms with E-state index >= 15 is 0 Å². The van der Waals surface area contributed by atoms with Gasteiger partial charge in [0.25, 0.3) is 0 Å². The van der Waals surface area contributed by atoms with E-state index in [4.69, 9.17) is 0 Å². The van der Waals surface area contributed by atoms with Gasteiger partial charge in [-0.3, -0.25) is 0 Å². The summed E-state index contributed by atoms with van der Waals surface area (Å²) < 4.78 is 26.6. The van der Waals surface area contributed by atoms with Gasteiger partial charge in [0.15, 0.2) is 0 Å². The normalized spacial score (nSPS) is 22.4. The Labute approximate surface area is 125 Å². The van der Waals surface area contributed by atoms with Crippen LogP contribution in [-0.2, 0) is 10.0 Å². The van der Waals surface area contributed by atoms with Crippen LogP contribution in [0.15, 0.2) is 0 Å². The zero-order valence-electron chi connectivity index (χ0n) is 13.8. The second-order valence-corrected chi connectivity index (χ2v) is 9.70. The highest BCUT2D eigenvalue weighted by Crippen LogP contribution is 2.23. The van der Waals surface area contributed by atoms with E-state index in [1.165, 1.54) is 0 Å². The molecule has 0 radical (unpaired) electrons. The molecule has 0 aromatic rings. The molecular formula is C15H32N2O2S. The highest BCUT2D eigenvalue weighted by Gasteiger charge is 2.31. The predicted molar refractivity (Wildman–Crippen MR) is 85.2 cm³/mol. The van der Waals surface area contributed by atoms with Gasteiger partial charge in [-0.2, -0.15) is 0 Å². The average Bonchev–Trinajstić information content (AvgIpc) is 2.25. The van der Waals surface area contributed by atoms with Crippen molar-refractivity contribution in [3.8, 4) is 0 Å². The van der Waals surface area contributed by atoms with E-state index in [0.717, 1.165) is 25.9 Å². The van der Waals surface area contributed by atoms with Crippen LogP contribution in [0.4, 0.5) is 0 Å². The summed E-state index contributed by atoms with van der Waals surface area (Å²) in [4.78, 5) is 0. The molecule has 1 rings (SSSR count). The predicted octanol–water partition coefficient (Wildman–Crippen LogP) is 2.32. The lowest BCUT2D eigenvalue weighted by Crippen LogP contribution is -2.45. The summed E-state index contributed by atoms with van der Waals surface area (Å²) in [6.45, 7) is 13.6. The lowest BCUT2D eigenvalue weighted by molar-refractivity contribution is 0.255. The molecule has 0 aromatic heterocycles. The molecule has 0 bridgehead atoms. The topological polar surface area (TPSA) is 49.4 Å². The van der Waals surface area contributed by atoms with Gasteiger partial charge in [0.05, 0.1) is 5.75 Å². The Bertz CT molecular complexity index is 385. The smallest absolute Gasteiger partial charge is 0.214 e. The molecule has 1 aliphatic rings. The van der Waals surface area contributed by atoms with Gasteiger partial charge in [0, 0.05) is 13.1 Å². The van der Waals surface area contributed by atoms with Crippen LogP contribution in [0.2, 0.25) is 0 Å². The van der Waals surface area contributed by atoms with E-state index in [1.54, 1.807) is 4.31 Å². The number of piperidine rings is 1. The monoisotopic (exact) mass is 304 g/mol. The van der Waals surface area contributed by atoms with Gasteiger partial charge in [0.2, 0.25) is 10.0 Å². The maximum absolute atomic E-state index is 12.4.